The molecule has 0 aliphatic carbocycles. The fraction of sp³-hybridized carbons (Fsp3) is 0.500. The quantitative estimate of drug-likeness (QED) is 0.791. The van der Waals surface area contributed by atoms with E-state index in [9.17, 15) is 0 Å². The van der Waals surface area contributed by atoms with Crippen molar-refractivity contribution in [3.05, 3.63) is 24.3 Å². The molecule has 1 fully saturated rings. The van der Waals surface area contributed by atoms with Gasteiger partial charge in [-0.05, 0) is 25.0 Å². The molecular weight excluding hydrogens is 260 g/mol. The van der Waals surface area contributed by atoms with Crippen LogP contribution in [-0.4, -0.2) is 33.6 Å². The summed E-state index contributed by atoms with van der Waals surface area (Å²) >= 11 is 6.10. The normalized spacial score (nSPS) is 20.5. The molecule has 5 heteroatoms. The van der Waals surface area contributed by atoms with E-state index >= 15 is 0 Å². The smallest absolute Gasteiger partial charge is 0.246 e. The molecule has 1 aliphatic rings. The van der Waals surface area contributed by atoms with Crippen LogP contribution in [0.5, 0.6) is 0 Å². The van der Waals surface area contributed by atoms with E-state index in [0.717, 1.165) is 24.0 Å². The average Bonchev–Trinajstić information content (AvgIpc) is 2.72. The van der Waals surface area contributed by atoms with Gasteiger partial charge in [-0.25, -0.2) is 4.98 Å². The van der Waals surface area contributed by atoms with Crippen molar-refractivity contribution in [3.8, 4) is 0 Å². The minimum absolute atomic E-state index is 0.326. The summed E-state index contributed by atoms with van der Waals surface area (Å²) in [6.07, 6.45) is 4.77. The maximum absolute atomic E-state index is 6.10. The number of fused-ring (bicyclic) bond motifs is 1. The maximum atomic E-state index is 6.10. The number of alkyl halides is 1. The van der Waals surface area contributed by atoms with Crippen LogP contribution in [0.2, 0.25) is 0 Å². The topological polar surface area (TPSA) is 41.9 Å². The lowest BCUT2D eigenvalue weighted by Gasteiger charge is -2.28. The highest BCUT2D eigenvalue weighted by atomic mass is 35.5. The van der Waals surface area contributed by atoms with Crippen LogP contribution in [0.25, 0.3) is 11.0 Å². The van der Waals surface area contributed by atoms with E-state index in [1.165, 1.54) is 19.3 Å². The number of para-hydroxylation sites is 1. The number of hydrogen-bond donors (Lipinski definition) is 0. The van der Waals surface area contributed by atoms with E-state index in [4.69, 9.17) is 11.6 Å². The van der Waals surface area contributed by atoms with Gasteiger partial charge in [-0.15, -0.1) is 21.8 Å². The lowest BCUT2D eigenvalue weighted by Crippen LogP contribution is -2.37. The van der Waals surface area contributed by atoms with Gasteiger partial charge in [-0.1, -0.05) is 25.0 Å². The van der Waals surface area contributed by atoms with Gasteiger partial charge in [0.2, 0.25) is 5.95 Å². The number of hydrogen-bond acceptors (Lipinski definition) is 4. The number of benzene rings is 1. The minimum atomic E-state index is 0.326. The van der Waals surface area contributed by atoms with E-state index in [-0.39, 0.29) is 0 Å². The SMILES string of the molecule is ClCC1CCCCCN1c1nnc2ccccc2n1. The van der Waals surface area contributed by atoms with Crippen LogP contribution in [-0.2, 0) is 0 Å². The molecule has 0 saturated carbocycles. The van der Waals surface area contributed by atoms with E-state index in [1.807, 2.05) is 24.3 Å². The van der Waals surface area contributed by atoms with Crippen molar-refractivity contribution in [1.82, 2.24) is 15.2 Å². The van der Waals surface area contributed by atoms with Crippen molar-refractivity contribution in [3.63, 3.8) is 0 Å². The molecule has 1 aliphatic heterocycles. The highest BCUT2D eigenvalue weighted by molar-refractivity contribution is 6.18. The molecule has 19 heavy (non-hydrogen) atoms. The Balaban J connectivity index is 1.96. The van der Waals surface area contributed by atoms with E-state index in [1.54, 1.807) is 0 Å². The summed E-state index contributed by atoms with van der Waals surface area (Å²) < 4.78 is 0. The summed E-state index contributed by atoms with van der Waals surface area (Å²) in [6, 6.07) is 8.16. The Kier molecular flexibility index (Phi) is 3.78. The lowest BCUT2D eigenvalue weighted by molar-refractivity contribution is 0.607. The Bertz CT molecular complexity index is 560. The van der Waals surface area contributed by atoms with Gasteiger partial charge in [0.15, 0.2) is 0 Å². The van der Waals surface area contributed by atoms with Crippen LogP contribution in [0, 0.1) is 0 Å². The second kappa shape index (κ2) is 5.70. The standard InChI is InChI=1S/C14H17ClN4/c15-10-11-6-2-1-5-9-19(11)14-16-12-7-3-4-8-13(12)17-18-14/h3-4,7-8,11H,1-2,5-6,9-10H2. The van der Waals surface area contributed by atoms with Gasteiger partial charge in [0.25, 0.3) is 0 Å². The summed E-state index contributed by atoms with van der Waals surface area (Å²) in [5.74, 6) is 1.34. The van der Waals surface area contributed by atoms with E-state index in [0.29, 0.717) is 17.9 Å². The Morgan fingerprint density at radius 2 is 1.95 bits per heavy atom. The van der Waals surface area contributed by atoms with Crippen LogP contribution < -0.4 is 4.90 Å². The molecule has 4 nitrogen and oxygen atoms in total. The van der Waals surface area contributed by atoms with Crippen LogP contribution >= 0.6 is 11.6 Å². The number of halogens is 1. The molecule has 100 valence electrons. The monoisotopic (exact) mass is 276 g/mol. The number of anilines is 1. The van der Waals surface area contributed by atoms with Gasteiger partial charge in [0.1, 0.15) is 5.52 Å². The fourth-order valence-electron chi connectivity index (χ4n) is 2.59. The Labute approximate surface area is 117 Å². The number of aromatic nitrogens is 3. The molecule has 1 aromatic carbocycles. The summed E-state index contributed by atoms with van der Waals surface area (Å²) in [5.41, 5.74) is 1.73. The zero-order valence-corrected chi connectivity index (χ0v) is 11.6. The maximum Gasteiger partial charge on any atom is 0.246 e. The zero-order valence-electron chi connectivity index (χ0n) is 10.8. The first-order chi connectivity index (χ1) is 9.38. The van der Waals surface area contributed by atoms with Gasteiger partial charge in [0.05, 0.1) is 5.52 Å². The lowest BCUT2D eigenvalue weighted by atomic mass is 10.1. The van der Waals surface area contributed by atoms with Gasteiger partial charge in [0, 0.05) is 18.5 Å². The third-order valence-corrected chi connectivity index (χ3v) is 4.02. The predicted molar refractivity (Wildman–Crippen MR) is 77.7 cm³/mol. The van der Waals surface area contributed by atoms with Crippen LogP contribution in [0.3, 0.4) is 0 Å². The molecule has 3 rings (SSSR count). The van der Waals surface area contributed by atoms with Gasteiger partial charge >= 0.3 is 0 Å². The van der Waals surface area contributed by atoms with Crippen molar-refractivity contribution in [1.29, 1.82) is 0 Å². The zero-order chi connectivity index (χ0) is 13.1. The predicted octanol–water partition coefficient (Wildman–Crippen LogP) is 3.01. The first-order valence-corrected chi connectivity index (χ1v) is 7.34. The first kappa shape index (κ1) is 12.6. The molecule has 0 spiro atoms. The second-order valence-electron chi connectivity index (χ2n) is 4.95. The van der Waals surface area contributed by atoms with Crippen molar-refractivity contribution in [2.45, 2.75) is 31.7 Å². The average molecular weight is 277 g/mol. The summed E-state index contributed by atoms with van der Waals surface area (Å²) in [4.78, 5) is 6.85. The minimum Gasteiger partial charge on any atom is -0.335 e. The molecule has 1 unspecified atom stereocenters. The van der Waals surface area contributed by atoms with Crippen LogP contribution in [0.1, 0.15) is 25.7 Å². The first-order valence-electron chi connectivity index (χ1n) is 6.80. The molecule has 0 N–H and O–H groups in total. The molecule has 0 bridgehead atoms. The van der Waals surface area contributed by atoms with Gasteiger partial charge in [-0.2, -0.15) is 0 Å². The third kappa shape index (κ3) is 2.63. The Hall–Kier alpha value is -1.42. The third-order valence-electron chi connectivity index (χ3n) is 3.66. The second-order valence-corrected chi connectivity index (χ2v) is 5.26. The highest BCUT2D eigenvalue weighted by Gasteiger charge is 2.23. The van der Waals surface area contributed by atoms with Crippen LogP contribution in [0.4, 0.5) is 5.95 Å². The van der Waals surface area contributed by atoms with Crippen molar-refractivity contribution < 1.29 is 0 Å². The molecule has 1 saturated heterocycles. The molecule has 1 atom stereocenters. The molecule has 1 aromatic heterocycles. The molecule has 2 aromatic rings. The highest BCUT2D eigenvalue weighted by Crippen LogP contribution is 2.22. The summed E-state index contributed by atoms with van der Waals surface area (Å²) in [7, 11) is 0. The van der Waals surface area contributed by atoms with Gasteiger partial charge in [-0.3, -0.25) is 0 Å². The van der Waals surface area contributed by atoms with Crippen molar-refractivity contribution >= 4 is 28.6 Å². The largest absolute Gasteiger partial charge is 0.335 e. The van der Waals surface area contributed by atoms with Gasteiger partial charge < -0.3 is 4.90 Å². The Morgan fingerprint density at radius 3 is 2.79 bits per heavy atom. The molecule has 0 radical (unpaired) electrons. The van der Waals surface area contributed by atoms with Crippen molar-refractivity contribution in [2.75, 3.05) is 17.3 Å². The summed E-state index contributed by atoms with van der Waals surface area (Å²) in [5, 5.41) is 8.54. The Morgan fingerprint density at radius 1 is 1.11 bits per heavy atom. The molecular formula is C14H17ClN4. The van der Waals surface area contributed by atoms with Crippen molar-refractivity contribution in [2.24, 2.45) is 0 Å². The number of rotatable bonds is 2. The fourth-order valence-corrected chi connectivity index (χ4v) is 2.92. The summed E-state index contributed by atoms with van der Waals surface area (Å²) in [6.45, 7) is 0.970. The number of nitrogens with zero attached hydrogens (tertiary/aromatic N) is 4. The van der Waals surface area contributed by atoms with E-state index in [2.05, 4.69) is 20.1 Å². The molecule has 2 heterocycles. The molecule has 0 amide bonds. The van der Waals surface area contributed by atoms with E-state index < -0.39 is 0 Å². The van der Waals surface area contributed by atoms with Crippen LogP contribution in [0.15, 0.2) is 24.3 Å².